The van der Waals surface area contributed by atoms with E-state index < -0.39 is 0 Å². The molecule has 1 saturated heterocycles. The van der Waals surface area contributed by atoms with Crippen LogP contribution in [0.5, 0.6) is 0 Å². The maximum absolute atomic E-state index is 5.94. The molecule has 0 aromatic carbocycles. The predicted molar refractivity (Wildman–Crippen MR) is 74.7 cm³/mol. The number of likely N-dealkylation sites (N-methyl/N-ethyl adjacent to an activating group) is 1. The van der Waals surface area contributed by atoms with Crippen molar-refractivity contribution in [2.45, 2.75) is 32.7 Å². The third-order valence-corrected chi connectivity index (χ3v) is 3.86. The summed E-state index contributed by atoms with van der Waals surface area (Å²) in [5.74, 6) is 1.64. The van der Waals surface area contributed by atoms with Crippen molar-refractivity contribution < 1.29 is 0 Å². The number of hydrogen-bond donors (Lipinski definition) is 1. The molecule has 0 saturated carbocycles. The zero-order chi connectivity index (χ0) is 13.1. The fourth-order valence-corrected chi connectivity index (χ4v) is 2.61. The molecule has 18 heavy (non-hydrogen) atoms. The van der Waals surface area contributed by atoms with Gasteiger partial charge in [-0.3, -0.25) is 4.90 Å². The van der Waals surface area contributed by atoms with Crippen LogP contribution in [-0.2, 0) is 6.42 Å². The molecule has 2 rings (SSSR count). The molecule has 0 aliphatic carbocycles. The van der Waals surface area contributed by atoms with Crippen molar-refractivity contribution in [2.75, 3.05) is 37.3 Å². The first kappa shape index (κ1) is 13.1. The molecule has 1 aromatic rings. The van der Waals surface area contributed by atoms with E-state index in [9.17, 15) is 0 Å². The summed E-state index contributed by atoms with van der Waals surface area (Å²) in [6, 6.07) is 0.597. The van der Waals surface area contributed by atoms with Gasteiger partial charge in [-0.05, 0) is 19.9 Å². The Morgan fingerprint density at radius 3 is 2.78 bits per heavy atom. The number of nitrogens with two attached hydrogens (primary N) is 1. The van der Waals surface area contributed by atoms with E-state index >= 15 is 0 Å². The van der Waals surface area contributed by atoms with E-state index in [0.29, 0.717) is 11.9 Å². The highest BCUT2D eigenvalue weighted by atomic mass is 15.3. The lowest BCUT2D eigenvalue weighted by Crippen LogP contribution is -2.51. The molecule has 2 heterocycles. The monoisotopic (exact) mass is 249 g/mol. The van der Waals surface area contributed by atoms with Crippen molar-refractivity contribution >= 4 is 11.6 Å². The van der Waals surface area contributed by atoms with Gasteiger partial charge in [0.1, 0.15) is 18.0 Å². The molecule has 1 aliphatic heterocycles. The van der Waals surface area contributed by atoms with Crippen molar-refractivity contribution in [1.29, 1.82) is 0 Å². The van der Waals surface area contributed by atoms with Crippen molar-refractivity contribution in [1.82, 2.24) is 14.9 Å². The summed E-state index contributed by atoms with van der Waals surface area (Å²) in [5.41, 5.74) is 7.03. The highest BCUT2D eigenvalue weighted by Crippen LogP contribution is 2.24. The highest BCUT2D eigenvalue weighted by molar-refractivity contribution is 5.56. The largest absolute Gasteiger partial charge is 0.383 e. The Kier molecular flexibility index (Phi) is 4.01. The van der Waals surface area contributed by atoms with E-state index in [-0.39, 0.29) is 0 Å². The summed E-state index contributed by atoms with van der Waals surface area (Å²) in [6.45, 7) is 7.45. The molecule has 1 unspecified atom stereocenters. The molecule has 0 amide bonds. The quantitative estimate of drug-likeness (QED) is 0.871. The third kappa shape index (κ3) is 2.41. The molecule has 5 heteroatoms. The maximum atomic E-state index is 5.94. The zero-order valence-corrected chi connectivity index (χ0v) is 11.6. The van der Waals surface area contributed by atoms with E-state index in [0.717, 1.165) is 43.9 Å². The molecule has 0 spiro atoms. The smallest absolute Gasteiger partial charge is 0.137 e. The van der Waals surface area contributed by atoms with Crippen LogP contribution in [0.25, 0.3) is 0 Å². The van der Waals surface area contributed by atoms with Crippen molar-refractivity contribution in [3.05, 3.63) is 11.9 Å². The summed E-state index contributed by atoms with van der Waals surface area (Å²) < 4.78 is 0. The van der Waals surface area contributed by atoms with Gasteiger partial charge in [-0.2, -0.15) is 0 Å². The second-order valence-electron chi connectivity index (χ2n) is 4.90. The number of rotatable bonds is 3. The number of nitrogens with zero attached hydrogens (tertiary/aromatic N) is 4. The van der Waals surface area contributed by atoms with Gasteiger partial charge in [0, 0.05) is 31.2 Å². The van der Waals surface area contributed by atoms with Gasteiger partial charge in [0.2, 0.25) is 0 Å². The van der Waals surface area contributed by atoms with Crippen molar-refractivity contribution in [3.63, 3.8) is 0 Å². The molecule has 1 aromatic heterocycles. The van der Waals surface area contributed by atoms with E-state index in [4.69, 9.17) is 5.73 Å². The summed E-state index contributed by atoms with van der Waals surface area (Å²) in [5, 5.41) is 0. The van der Waals surface area contributed by atoms with Gasteiger partial charge in [0.25, 0.3) is 0 Å². The topological polar surface area (TPSA) is 58.3 Å². The lowest BCUT2D eigenvalue weighted by molar-refractivity contribution is 0.212. The number of hydrogen-bond acceptors (Lipinski definition) is 5. The second kappa shape index (κ2) is 5.52. The molecule has 5 nitrogen and oxygen atoms in total. The Bertz CT molecular complexity index is 406. The molecule has 0 bridgehead atoms. The molecule has 100 valence electrons. The fourth-order valence-electron chi connectivity index (χ4n) is 2.61. The van der Waals surface area contributed by atoms with Gasteiger partial charge in [-0.1, -0.05) is 13.8 Å². The van der Waals surface area contributed by atoms with Gasteiger partial charge < -0.3 is 10.6 Å². The van der Waals surface area contributed by atoms with Gasteiger partial charge >= 0.3 is 0 Å². The van der Waals surface area contributed by atoms with Crippen LogP contribution in [0.3, 0.4) is 0 Å². The van der Waals surface area contributed by atoms with Gasteiger partial charge in [0.15, 0.2) is 0 Å². The number of aromatic nitrogens is 2. The van der Waals surface area contributed by atoms with Gasteiger partial charge in [-0.25, -0.2) is 9.97 Å². The minimum atomic E-state index is 0.597. The van der Waals surface area contributed by atoms with E-state index in [2.05, 4.69) is 40.7 Å². The predicted octanol–water partition coefficient (Wildman–Crippen LogP) is 1.15. The zero-order valence-electron chi connectivity index (χ0n) is 11.6. The first-order chi connectivity index (χ1) is 8.67. The molecular weight excluding hydrogens is 226 g/mol. The van der Waals surface area contributed by atoms with Crippen molar-refractivity contribution in [3.8, 4) is 0 Å². The van der Waals surface area contributed by atoms with E-state index in [1.54, 1.807) is 6.33 Å². The average molecular weight is 249 g/mol. The molecule has 1 atom stereocenters. The van der Waals surface area contributed by atoms with Gasteiger partial charge in [0.05, 0.1) is 0 Å². The van der Waals surface area contributed by atoms with E-state index in [1.165, 1.54) is 0 Å². The highest BCUT2D eigenvalue weighted by Gasteiger charge is 2.25. The van der Waals surface area contributed by atoms with Crippen LogP contribution in [-0.4, -0.2) is 47.6 Å². The van der Waals surface area contributed by atoms with E-state index in [1.807, 2.05) is 0 Å². The molecule has 0 radical (unpaired) electrons. The number of anilines is 2. The molecule has 1 fully saturated rings. The molecule has 2 N–H and O–H groups in total. The lowest BCUT2D eigenvalue weighted by Gasteiger charge is -2.40. The molecule has 1 aliphatic rings. The summed E-state index contributed by atoms with van der Waals surface area (Å²) in [4.78, 5) is 13.3. The number of nitrogen functional groups attached to an aromatic ring is 1. The van der Waals surface area contributed by atoms with Crippen LogP contribution in [0.15, 0.2) is 6.33 Å². The lowest BCUT2D eigenvalue weighted by atomic mass is 10.1. The van der Waals surface area contributed by atoms with Crippen LogP contribution in [0.1, 0.15) is 25.8 Å². The SMILES string of the molecule is CCc1c(N)ncnc1N1CCN(C)C(CC)C1. The minimum absolute atomic E-state index is 0.597. The first-order valence-electron chi connectivity index (χ1n) is 6.71. The first-order valence-corrected chi connectivity index (χ1v) is 6.71. The van der Waals surface area contributed by atoms with Crippen LogP contribution < -0.4 is 10.6 Å². The average Bonchev–Trinajstić information content (AvgIpc) is 2.39. The third-order valence-electron chi connectivity index (χ3n) is 3.86. The normalized spacial score (nSPS) is 21.3. The van der Waals surface area contributed by atoms with Crippen LogP contribution in [0.4, 0.5) is 11.6 Å². The summed E-state index contributed by atoms with van der Waals surface area (Å²) >= 11 is 0. The Morgan fingerprint density at radius 2 is 2.11 bits per heavy atom. The molecular formula is C13H23N5. The summed E-state index contributed by atoms with van der Waals surface area (Å²) in [6.07, 6.45) is 3.61. The maximum Gasteiger partial charge on any atom is 0.137 e. The Hall–Kier alpha value is -1.36. The number of piperazine rings is 1. The van der Waals surface area contributed by atoms with Crippen LogP contribution in [0, 0.1) is 0 Å². The Labute approximate surface area is 109 Å². The minimum Gasteiger partial charge on any atom is -0.383 e. The standard InChI is InChI=1S/C13H23N5/c1-4-10-8-18(7-6-17(10)3)13-11(5-2)12(14)15-9-16-13/h9-10H,4-8H2,1-3H3,(H2,14,15,16). The summed E-state index contributed by atoms with van der Waals surface area (Å²) in [7, 11) is 2.20. The van der Waals surface area contributed by atoms with Crippen LogP contribution >= 0.6 is 0 Å². The van der Waals surface area contributed by atoms with Gasteiger partial charge in [-0.15, -0.1) is 0 Å². The van der Waals surface area contributed by atoms with Crippen molar-refractivity contribution in [2.24, 2.45) is 0 Å². The Morgan fingerprint density at radius 1 is 1.33 bits per heavy atom. The Balaban J connectivity index is 2.24. The second-order valence-corrected chi connectivity index (χ2v) is 4.90. The fraction of sp³-hybridized carbons (Fsp3) is 0.692. The van der Waals surface area contributed by atoms with Crippen LogP contribution in [0.2, 0.25) is 0 Å².